The summed E-state index contributed by atoms with van der Waals surface area (Å²) in [5, 5.41) is 13.8. The number of hydrogen-bond donors (Lipinski definition) is 1. The largest absolute Gasteiger partial charge is 0.396 e. The zero-order valence-electron chi connectivity index (χ0n) is 11.2. The molecule has 1 unspecified atom stereocenters. The second-order valence-corrected chi connectivity index (χ2v) is 5.90. The number of aliphatic hydroxyl groups excluding tert-OH is 1. The van der Waals surface area contributed by atoms with Crippen LogP contribution in [-0.2, 0) is 20.0 Å². The van der Waals surface area contributed by atoms with Gasteiger partial charge < -0.3 is 5.11 Å². The van der Waals surface area contributed by atoms with Crippen LogP contribution in [0, 0.1) is 5.92 Å². The molecule has 1 atom stereocenters. The molecule has 0 aliphatic carbocycles. The summed E-state index contributed by atoms with van der Waals surface area (Å²) >= 11 is 3.66. The van der Waals surface area contributed by atoms with Crippen LogP contribution in [0.5, 0.6) is 0 Å². The number of halogens is 1. The highest BCUT2D eigenvalue weighted by Crippen LogP contribution is 2.25. The van der Waals surface area contributed by atoms with E-state index in [4.69, 9.17) is 0 Å². The number of nitrogens with zero attached hydrogens (tertiary/aromatic N) is 3. The van der Waals surface area contributed by atoms with Gasteiger partial charge in [-0.1, -0.05) is 6.92 Å². The highest BCUT2D eigenvalue weighted by Gasteiger charge is 2.22. The fourth-order valence-electron chi connectivity index (χ4n) is 2.65. The van der Waals surface area contributed by atoms with Crippen molar-refractivity contribution in [2.24, 2.45) is 13.0 Å². The average molecular weight is 316 g/mol. The maximum atomic E-state index is 9.27. The fraction of sp³-hybridized carbons (Fsp3) is 0.769. The number of aliphatic hydroxyl groups is 1. The number of aryl methyl sites for hydroxylation is 2. The van der Waals surface area contributed by atoms with Crippen molar-refractivity contribution in [2.75, 3.05) is 19.7 Å². The van der Waals surface area contributed by atoms with Crippen molar-refractivity contribution in [3.05, 3.63) is 15.9 Å². The summed E-state index contributed by atoms with van der Waals surface area (Å²) in [7, 11) is 2.01. The van der Waals surface area contributed by atoms with Crippen molar-refractivity contribution in [2.45, 2.75) is 32.7 Å². The normalized spacial score (nSPS) is 21.4. The van der Waals surface area contributed by atoms with Gasteiger partial charge in [-0.25, -0.2) is 0 Å². The summed E-state index contributed by atoms with van der Waals surface area (Å²) in [6, 6.07) is 0. The van der Waals surface area contributed by atoms with E-state index in [1.807, 2.05) is 11.7 Å². The van der Waals surface area contributed by atoms with E-state index in [1.165, 1.54) is 12.1 Å². The fourth-order valence-corrected chi connectivity index (χ4v) is 3.39. The first-order chi connectivity index (χ1) is 8.65. The number of aromatic nitrogens is 2. The van der Waals surface area contributed by atoms with Crippen LogP contribution in [0.25, 0.3) is 0 Å². The topological polar surface area (TPSA) is 41.3 Å². The van der Waals surface area contributed by atoms with E-state index >= 15 is 0 Å². The summed E-state index contributed by atoms with van der Waals surface area (Å²) in [5.74, 6) is 0.441. The van der Waals surface area contributed by atoms with Crippen LogP contribution in [0.1, 0.15) is 31.2 Å². The highest BCUT2D eigenvalue weighted by molar-refractivity contribution is 9.10. The molecule has 1 N–H and O–H groups in total. The van der Waals surface area contributed by atoms with E-state index in [0.717, 1.165) is 42.6 Å². The lowest BCUT2D eigenvalue weighted by molar-refractivity contribution is 0.114. The van der Waals surface area contributed by atoms with Gasteiger partial charge in [0.05, 0.1) is 15.9 Å². The van der Waals surface area contributed by atoms with Crippen LogP contribution < -0.4 is 0 Å². The molecular weight excluding hydrogens is 294 g/mol. The van der Waals surface area contributed by atoms with E-state index in [-0.39, 0.29) is 0 Å². The maximum absolute atomic E-state index is 9.27. The van der Waals surface area contributed by atoms with Crippen molar-refractivity contribution < 1.29 is 5.11 Å². The third-order valence-electron chi connectivity index (χ3n) is 3.74. The quantitative estimate of drug-likeness (QED) is 0.923. The zero-order valence-corrected chi connectivity index (χ0v) is 12.8. The molecule has 0 amide bonds. The molecular formula is C13H22BrN3O. The van der Waals surface area contributed by atoms with E-state index in [2.05, 4.69) is 32.9 Å². The van der Waals surface area contributed by atoms with Crippen molar-refractivity contribution in [1.29, 1.82) is 0 Å². The number of rotatable bonds is 4. The van der Waals surface area contributed by atoms with Crippen LogP contribution >= 0.6 is 15.9 Å². The molecule has 0 radical (unpaired) electrons. The predicted molar refractivity (Wildman–Crippen MR) is 75.4 cm³/mol. The summed E-state index contributed by atoms with van der Waals surface area (Å²) in [4.78, 5) is 2.42. The Morgan fingerprint density at radius 3 is 2.89 bits per heavy atom. The molecule has 102 valence electrons. The Bertz CT molecular complexity index is 405. The summed E-state index contributed by atoms with van der Waals surface area (Å²) < 4.78 is 3.13. The molecule has 18 heavy (non-hydrogen) atoms. The van der Waals surface area contributed by atoms with Crippen LogP contribution in [-0.4, -0.2) is 39.5 Å². The molecule has 0 saturated carbocycles. The number of hydrogen-bond acceptors (Lipinski definition) is 3. The minimum Gasteiger partial charge on any atom is -0.396 e. The number of piperidine rings is 1. The third kappa shape index (κ3) is 2.95. The zero-order chi connectivity index (χ0) is 13.1. The highest BCUT2D eigenvalue weighted by atomic mass is 79.9. The Morgan fingerprint density at radius 2 is 2.28 bits per heavy atom. The van der Waals surface area contributed by atoms with Gasteiger partial charge in [0.1, 0.15) is 0 Å². The van der Waals surface area contributed by atoms with Crippen molar-refractivity contribution >= 4 is 15.9 Å². The van der Waals surface area contributed by atoms with Crippen molar-refractivity contribution in [1.82, 2.24) is 14.7 Å². The minimum atomic E-state index is 0.309. The molecule has 1 fully saturated rings. The van der Waals surface area contributed by atoms with E-state index in [1.54, 1.807) is 0 Å². The molecule has 1 saturated heterocycles. The predicted octanol–water partition coefficient (Wildman–Crippen LogP) is 1.95. The Kier molecular flexibility index (Phi) is 4.81. The lowest BCUT2D eigenvalue weighted by Gasteiger charge is -2.31. The van der Waals surface area contributed by atoms with E-state index in [9.17, 15) is 5.11 Å². The van der Waals surface area contributed by atoms with Crippen LogP contribution in [0.2, 0.25) is 0 Å². The molecule has 4 nitrogen and oxygen atoms in total. The molecule has 0 spiro atoms. The monoisotopic (exact) mass is 315 g/mol. The SMILES string of the molecule is CCc1nn(C)c(CN2CCCC(CO)C2)c1Br. The Labute approximate surface area is 117 Å². The van der Waals surface area contributed by atoms with Gasteiger partial charge in [0.2, 0.25) is 0 Å². The second-order valence-electron chi connectivity index (χ2n) is 5.11. The summed E-state index contributed by atoms with van der Waals surface area (Å²) in [6.07, 6.45) is 3.29. The first-order valence-corrected chi connectivity index (χ1v) is 7.48. The molecule has 0 aromatic carbocycles. The molecule has 0 bridgehead atoms. The molecule has 5 heteroatoms. The van der Waals surface area contributed by atoms with Crippen LogP contribution in [0.4, 0.5) is 0 Å². The van der Waals surface area contributed by atoms with Gasteiger partial charge in [0, 0.05) is 26.7 Å². The molecule has 1 aliphatic heterocycles. The van der Waals surface area contributed by atoms with Crippen LogP contribution in [0.15, 0.2) is 4.47 Å². The Morgan fingerprint density at radius 1 is 1.50 bits per heavy atom. The Hall–Kier alpha value is -0.390. The van der Waals surface area contributed by atoms with Gasteiger partial charge in [0.15, 0.2) is 0 Å². The lowest BCUT2D eigenvalue weighted by atomic mass is 9.99. The molecule has 1 aromatic heterocycles. The van der Waals surface area contributed by atoms with Crippen LogP contribution in [0.3, 0.4) is 0 Å². The van der Waals surface area contributed by atoms with Gasteiger partial charge in [-0.2, -0.15) is 5.10 Å². The van der Waals surface area contributed by atoms with E-state index in [0.29, 0.717) is 12.5 Å². The average Bonchev–Trinajstić information content (AvgIpc) is 2.66. The lowest BCUT2D eigenvalue weighted by Crippen LogP contribution is -2.36. The molecule has 1 aliphatic rings. The van der Waals surface area contributed by atoms with Crippen molar-refractivity contribution in [3.8, 4) is 0 Å². The van der Waals surface area contributed by atoms with Gasteiger partial charge in [-0.3, -0.25) is 9.58 Å². The minimum absolute atomic E-state index is 0.309. The first kappa shape index (κ1) is 14.0. The molecule has 2 heterocycles. The maximum Gasteiger partial charge on any atom is 0.0767 e. The standard InChI is InChI=1S/C13H22BrN3O/c1-3-11-13(14)12(16(2)15-11)8-17-6-4-5-10(7-17)9-18/h10,18H,3-9H2,1-2H3. The third-order valence-corrected chi connectivity index (χ3v) is 4.65. The number of likely N-dealkylation sites (tertiary alicyclic amines) is 1. The molecule has 2 rings (SSSR count). The van der Waals surface area contributed by atoms with E-state index < -0.39 is 0 Å². The van der Waals surface area contributed by atoms with Crippen molar-refractivity contribution in [3.63, 3.8) is 0 Å². The second kappa shape index (κ2) is 6.17. The van der Waals surface area contributed by atoms with Gasteiger partial charge in [0.25, 0.3) is 0 Å². The summed E-state index contributed by atoms with van der Waals surface area (Å²) in [5.41, 5.74) is 2.37. The van der Waals surface area contributed by atoms with Gasteiger partial charge >= 0.3 is 0 Å². The first-order valence-electron chi connectivity index (χ1n) is 6.69. The summed E-state index contributed by atoms with van der Waals surface area (Å²) in [6.45, 7) is 5.47. The Balaban J connectivity index is 2.07. The smallest absolute Gasteiger partial charge is 0.0767 e. The van der Waals surface area contributed by atoms with Gasteiger partial charge in [-0.15, -0.1) is 0 Å². The van der Waals surface area contributed by atoms with Gasteiger partial charge in [-0.05, 0) is 47.7 Å². The molecule has 1 aromatic rings.